The van der Waals surface area contributed by atoms with Gasteiger partial charge in [0, 0.05) is 29.8 Å². The summed E-state index contributed by atoms with van der Waals surface area (Å²) in [6.45, 7) is 2.21. The minimum Gasteiger partial charge on any atom is -0.452 e. The molecule has 5 nitrogen and oxygen atoms in total. The number of hydrogen-bond acceptors (Lipinski definition) is 4. The topological polar surface area (TPSA) is 68.3 Å². The molecular formula is C23H22N2O3. The molecule has 0 spiro atoms. The first-order valence-corrected chi connectivity index (χ1v) is 9.13. The van der Waals surface area contributed by atoms with E-state index >= 15 is 0 Å². The molecule has 1 atom stereocenters. The van der Waals surface area contributed by atoms with Gasteiger partial charge in [0.15, 0.2) is 6.61 Å². The van der Waals surface area contributed by atoms with Crippen LogP contribution in [0.2, 0.25) is 0 Å². The van der Waals surface area contributed by atoms with E-state index in [1.165, 1.54) is 6.08 Å². The SMILES string of the molecule is CC(CNC(=O)COC(=O)/C=C/c1cccc2cccnc12)c1ccccc1. The van der Waals surface area contributed by atoms with E-state index in [9.17, 15) is 9.59 Å². The Balaban J connectivity index is 1.47. The van der Waals surface area contributed by atoms with Crippen LogP contribution < -0.4 is 5.32 Å². The highest BCUT2D eigenvalue weighted by Gasteiger charge is 2.09. The molecule has 1 N–H and O–H groups in total. The number of fused-ring (bicyclic) bond motifs is 1. The Hall–Kier alpha value is -3.47. The number of para-hydroxylation sites is 1. The van der Waals surface area contributed by atoms with Crippen LogP contribution in [0.4, 0.5) is 0 Å². The van der Waals surface area contributed by atoms with Gasteiger partial charge in [-0.25, -0.2) is 4.79 Å². The van der Waals surface area contributed by atoms with Gasteiger partial charge in [-0.1, -0.05) is 61.5 Å². The summed E-state index contributed by atoms with van der Waals surface area (Å²) in [5, 5.41) is 3.77. The number of nitrogens with one attached hydrogen (secondary N) is 1. The lowest BCUT2D eigenvalue weighted by Crippen LogP contribution is -2.31. The minimum absolute atomic E-state index is 0.180. The van der Waals surface area contributed by atoms with E-state index in [1.807, 2.05) is 67.6 Å². The van der Waals surface area contributed by atoms with Crippen molar-refractivity contribution in [3.05, 3.63) is 84.1 Å². The van der Waals surface area contributed by atoms with Crippen LogP contribution in [0, 0.1) is 0 Å². The zero-order valence-corrected chi connectivity index (χ0v) is 15.7. The lowest BCUT2D eigenvalue weighted by atomic mass is 10.0. The lowest BCUT2D eigenvalue weighted by molar-refractivity contribution is -0.143. The van der Waals surface area contributed by atoms with Crippen LogP contribution in [0.15, 0.2) is 72.9 Å². The van der Waals surface area contributed by atoms with E-state index in [1.54, 1.807) is 12.3 Å². The third kappa shape index (κ3) is 5.27. The molecule has 5 heteroatoms. The van der Waals surface area contributed by atoms with Gasteiger partial charge in [-0.05, 0) is 23.6 Å². The summed E-state index contributed by atoms with van der Waals surface area (Å²) in [5.74, 6) is -0.713. The molecule has 3 aromatic rings. The molecule has 28 heavy (non-hydrogen) atoms. The Morgan fingerprint density at radius 1 is 1.07 bits per heavy atom. The quantitative estimate of drug-likeness (QED) is 0.506. The number of carbonyl (C=O) groups excluding carboxylic acids is 2. The highest BCUT2D eigenvalue weighted by atomic mass is 16.5. The molecule has 0 radical (unpaired) electrons. The normalized spacial score (nSPS) is 12.0. The summed E-state index contributed by atoms with van der Waals surface area (Å²) in [5.41, 5.74) is 2.77. The van der Waals surface area contributed by atoms with Crippen LogP contribution in [0.1, 0.15) is 24.0 Å². The van der Waals surface area contributed by atoms with E-state index in [2.05, 4.69) is 10.3 Å². The Kier molecular flexibility index (Phi) is 6.52. The summed E-state index contributed by atoms with van der Waals surface area (Å²) < 4.78 is 5.02. The zero-order chi connectivity index (χ0) is 19.8. The number of esters is 1. The average molecular weight is 374 g/mol. The van der Waals surface area contributed by atoms with Gasteiger partial charge in [0.25, 0.3) is 5.91 Å². The fourth-order valence-electron chi connectivity index (χ4n) is 2.82. The number of carbonyl (C=O) groups is 2. The summed E-state index contributed by atoms with van der Waals surface area (Å²) >= 11 is 0. The number of hydrogen-bond donors (Lipinski definition) is 1. The molecule has 0 saturated heterocycles. The van der Waals surface area contributed by atoms with Gasteiger partial charge in [-0.15, -0.1) is 0 Å². The fraction of sp³-hybridized carbons (Fsp3) is 0.174. The molecule has 2 aromatic carbocycles. The predicted octanol–water partition coefficient (Wildman–Crippen LogP) is 3.71. The third-order valence-corrected chi connectivity index (χ3v) is 4.38. The summed E-state index contributed by atoms with van der Waals surface area (Å²) in [6, 6.07) is 19.5. The molecule has 1 heterocycles. The number of rotatable bonds is 7. The van der Waals surface area contributed by atoms with Crippen LogP contribution in [-0.4, -0.2) is 30.0 Å². The first-order valence-electron chi connectivity index (χ1n) is 9.13. The second kappa shape index (κ2) is 9.46. The maximum Gasteiger partial charge on any atom is 0.331 e. The second-order valence-electron chi connectivity index (χ2n) is 6.48. The lowest BCUT2D eigenvalue weighted by Gasteiger charge is -2.12. The second-order valence-corrected chi connectivity index (χ2v) is 6.48. The Bertz CT molecular complexity index is 978. The molecule has 1 aromatic heterocycles. The molecule has 0 fully saturated rings. The van der Waals surface area contributed by atoms with Crippen molar-refractivity contribution in [3.8, 4) is 0 Å². The molecule has 3 rings (SSSR count). The van der Waals surface area contributed by atoms with Gasteiger partial charge in [0.1, 0.15) is 0 Å². The van der Waals surface area contributed by atoms with Crippen molar-refractivity contribution >= 4 is 28.9 Å². The highest BCUT2D eigenvalue weighted by Crippen LogP contribution is 2.17. The summed E-state index contributed by atoms with van der Waals surface area (Å²) in [4.78, 5) is 28.1. The third-order valence-electron chi connectivity index (χ3n) is 4.38. The molecule has 0 aliphatic rings. The van der Waals surface area contributed by atoms with Crippen LogP contribution in [0.3, 0.4) is 0 Å². The number of nitrogens with zero attached hydrogens (tertiary/aromatic N) is 1. The Morgan fingerprint density at radius 2 is 1.86 bits per heavy atom. The Labute approximate surface area is 164 Å². The first-order chi connectivity index (χ1) is 13.6. The number of ether oxygens (including phenoxy) is 1. The number of benzene rings is 2. The van der Waals surface area contributed by atoms with Crippen LogP contribution in [0.25, 0.3) is 17.0 Å². The van der Waals surface area contributed by atoms with Crippen molar-refractivity contribution in [2.24, 2.45) is 0 Å². The van der Waals surface area contributed by atoms with Crippen molar-refractivity contribution < 1.29 is 14.3 Å². The van der Waals surface area contributed by atoms with Crippen LogP contribution in [0.5, 0.6) is 0 Å². The molecule has 0 bridgehead atoms. The zero-order valence-electron chi connectivity index (χ0n) is 15.7. The average Bonchev–Trinajstić information content (AvgIpc) is 2.75. The van der Waals surface area contributed by atoms with Crippen molar-refractivity contribution in [3.63, 3.8) is 0 Å². The molecule has 142 valence electrons. The van der Waals surface area contributed by atoms with Gasteiger partial charge in [0.2, 0.25) is 0 Å². The smallest absolute Gasteiger partial charge is 0.331 e. The van der Waals surface area contributed by atoms with Crippen molar-refractivity contribution in [1.82, 2.24) is 10.3 Å². The van der Waals surface area contributed by atoms with E-state index in [0.717, 1.165) is 22.0 Å². The van der Waals surface area contributed by atoms with Gasteiger partial charge in [0.05, 0.1) is 5.52 Å². The number of aromatic nitrogens is 1. The van der Waals surface area contributed by atoms with E-state index in [4.69, 9.17) is 4.74 Å². The molecule has 0 aliphatic carbocycles. The number of pyridine rings is 1. The van der Waals surface area contributed by atoms with Crippen molar-refractivity contribution in [1.29, 1.82) is 0 Å². The molecular weight excluding hydrogens is 352 g/mol. The van der Waals surface area contributed by atoms with Crippen molar-refractivity contribution in [2.75, 3.05) is 13.2 Å². The largest absolute Gasteiger partial charge is 0.452 e. The van der Waals surface area contributed by atoms with E-state index in [0.29, 0.717) is 6.54 Å². The fourth-order valence-corrected chi connectivity index (χ4v) is 2.82. The van der Waals surface area contributed by atoms with Crippen LogP contribution >= 0.6 is 0 Å². The monoisotopic (exact) mass is 374 g/mol. The van der Waals surface area contributed by atoms with Gasteiger partial charge < -0.3 is 10.1 Å². The molecule has 1 unspecified atom stereocenters. The minimum atomic E-state index is -0.570. The maximum atomic E-state index is 11.9. The van der Waals surface area contributed by atoms with Crippen molar-refractivity contribution in [2.45, 2.75) is 12.8 Å². The predicted molar refractivity (Wildman–Crippen MR) is 110 cm³/mol. The summed E-state index contributed by atoms with van der Waals surface area (Å²) in [6.07, 6.45) is 4.66. The number of amides is 1. The van der Waals surface area contributed by atoms with Gasteiger partial charge in [-0.2, -0.15) is 0 Å². The Morgan fingerprint density at radius 3 is 2.68 bits per heavy atom. The highest BCUT2D eigenvalue weighted by molar-refractivity contribution is 5.93. The van der Waals surface area contributed by atoms with Gasteiger partial charge >= 0.3 is 5.97 Å². The first kappa shape index (κ1) is 19.3. The van der Waals surface area contributed by atoms with E-state index < -0.39 is 5.97 Å². The standard InChI is InChI=1S/C23H22N2O3/c1-17(18-7-3-2-4-8-18)15-25-21(26)16-28-22(27)13-12-20-10-5-9-19-11-6-14-24-23(19)20/h2-14,17H,15-16H2,1H3,(H,25,26)/b13-12+. The van der Waals surface area contributed by atoms with E-state index in [-0.39, 0.29) is 18.4 Å². The van der Waals surface area contributed by atoms with Crippen LogP contribution in [-0.2, 0) is 14.3 Å². The molecule has 1 amide bonds. The molecule has 0 saturated carbocycles. The molecule has 0 aliphatic heterocycles. The maximum absolute atomic E-state index is 11.9. The summed E-state index contributed by atoms with van der Waals surface area (Å²) in [7, 11) is 0. The van der Waals surface area contributed by atoms with Gasteiger partial charge in [-0.3, -0.25) is 9.78 Å².